The van der Waals surface area contributed by atoms with Crippen molar-refractivity contribution in [3.8, 4) is 33.5 Å². The van der Waals surface area contributed by atoms with E-state index in [9.17, 15) is 0 Å². The predicted octanol–water partition coefficient (Wildman–Crippen LogP) is 9.49. The van der Waals surface area contributed by atoms with Crippen LogP contribution in [0, 0.1) is 0 Å². The topological polar surface area (TPSA) is 38.7 Å². The summed E-state index contributed by atoms with van der Waals surface area (Å²) in [5.74, 6) is 0. The summed E-state index contributed by atoms with van der Waals surface area (Å²) in [5, 5.41) is 5.77. The van der Waals surface area contributed by atoms with Gasteiger partial charge in [0.2, 0.25) is 0 Å². The van der Waals surface area contributed by atoms with E-state index < -0.39 is 0 Å². The average Bonchev–Trinajstić information content (AvgIpc) is 3.04. The van der Waals surface area contributed by atoms with Gasteiger partial charge in [0.1, 0.15) is 0 Å². The maximum Gasteiger partial charge on any atom is 0.0970 e. The first-order chi connectivity index (χ1) is 19.8. The SMILES string of the molecule is c1ccc(-c2cc(-c3cccc(-c4cc5cccnc5c5ncccc45)c3)c3c(ccc4ccccc43)n2)cc1. The molecule has 3 heteroatoms. The molecule has 40 heavy (non-hydrogen) atoms. The lowest BCUT2D eigenvalue weighted by Crippen LogP contribution is -1.92. The van der Waals surface area contributed by atoms with Gasteiger partial charge in [-0.3, -0.25) is 9.97 Å². The van der Waals surface area contributed by atoms with Crippen LogP contribution in [-0.2, 0) is 0 Å². The smallest absolute Gasteiger partial charge is 0.0970 e. The van der Waals surface area contributed by atoms with Crippen LogP contribution in [0.1, 0.15) is 0 Å². The Kier molecular flexibility index (Phi) is 5.14. The summed E-state index contributed by atoms with van der Waals surface area (Å²) >= 11 is 0. The van der Waals surface area contributed by atoms with E-state index in [0.29, 0.717) is 0 Å². The van der Waals surface area contributed by atoms with Crippen LogP contribution in [0.4, 0.5) is 0 Å². The number of fused-ring (bicyclic) bond motifs is 6. The summed E-state index contributed by atoms with van der Waals surface area (Å²) < 4.78 is 0. The Bertz CT molecular complexity index is 2220. The molecule has 5 aromatic carbocycles. The van der Waals surface area contributed by atoms with E-state index in [1.807, 2.05) is 30.6 Å². The van der Waals surface area contributed by atoms with Crippen LogP contribution < -0.4 is 0 Å². The molecule has 3 nitrogen and oxygen atoms in total. The van der Waals surface area contributed by atoms with Crippen LogP contribution in [0.3, 0.4) is 0 Å². The molecule has 0 aliphatic carbocycles. The molecule has 3 heterocycles. The molecule has 0 atom stereocenters. The quantitative estimate of drug-likeness (QED) is 0.223. The van der Waals surface area contributed by atoms with E-state index in [1.165, 1.54) is 21.7 Å². The van der Waals surface area contributed by atoms with Crippen LogP contribution in [0.2, 0.25) is 0 Å². The lowest BCUT2D eigenvalue weighted by molar-refractivity contribution is 1.37. The van der Waals surface area contributed by atoms with Gasteiger partial charge in [0.25, 0.3) is 0 Å². The van der Waals surface area contributed by atoms with Gasteiger partial charge >= 0.3 is 0 Å². The number of hydrogen-bond donors (Lipinski definition) is 0. The Morgan fingerprint density at radius 2 is 1.12 bits per heavy atom. The first-order valence-corrected chi connectivity index (χ1v) is 13.4. The number of rotatable bonds is 3. The molecule has 3 aromatic heterocycles. The van der Waals surface area contributed by atoms with Crippen LogP contribution in [-0.4, -0.2) is 15.0 Å². The molecule has 8 aromatic rings. The van der Waals surface area contributed by atoms with Crippen molar-refractivity contribution in [3.05, 3.63) is 140 Å². The molecule has 0 radical (unpaired) electrons. The highest BCUT2D eigenvalue weighted by atomic mass is 14.7. The van der Waals surface area contributed by atoms with Gasteiger partial charge in [-0.1, -0.05) is 91.0 Å². The highest BCUT2D eigenvalue weighted by Gasteiger charge is 2.15. The van der Waals surface area contributed by atoms with Crippen molar-refractivity contribution >= 4 is 43.5 Å². The minimum Gasteiger partial charge on any atom is -0.254 e. The van der Waals surface area contributed by atoms with Gasteiger partial charge in [-0.05, 0) is 69.4 Å². The van der Waals surface area contributed by atoms with Gasteiger partial charge in [0.05, 0.1) is 22.2 Å². The molecule has 0 spiro atoms. The van der Waals surface area contributed by atoms with Gasteiger partial charge in [-0.2, -0.15) is 0 Å². The number of pyridine rings is 3. The van der Waals surface area contributed by atoms with Gasteiger partial charge in [-0.25, -0.2) is 4.98 Å². The lowest BCUT2D eigenvalue weighted by atomic mass is 9.91. The molecule has 0 saturated heterocycles. The molecule has 0 amide bonds. The highest BCUT2D eigenvalue weighted by molar-refractivity contribution is 6.14. The van der Waals surface area contributed by atoms with Gasteiger partial charge in [-0.15, -0.1) is 0 Å². The Morgan fingerprint density at radius 3 is 2.02 bits per heavy atom. The van der Waals surface area contributed by atoms with Gasteiger partial charge in [0, 0.05) is 34.1 Å². The van der Waals surface area contributed by atoms with E-state index in [4.69, 9.17) is 9.97 Å². The summed E-state index contributed by atoms with van der Waals surface area (Å²) in [6.07, 6.45) is 3.68. The monoisotopic (exact) mass is 509 g/mol. The zero-order chi connectivity index (χ0) is 26.5. The summed E-state index contributed by atoms with van der Waals surface area (Å²) in [6, 6.07) is 44.9. The maximum atomic E-state index is 5.12. The van der Waals surface area contributed by atoms with Crippen molar-refractivity contribution in [2.45, 2.75) is 0 Å². The van der Waals surface area contributed by atoms with Crippen LogP contribution in [0.25, 0.3) is 77.0 Å². The molecule has 0 fully saturated rings. The molecule has 0 unspecified atom stereocenters. The minimum absolute atomic E-state index is 0.924. The first-order valence-electron chi connectivity index (χ1n) is 13.4. The third kappa shape index (κ3) is 3.63. The van der Waals surface area contributed by atoms with E-state index >= 15 is 0 Å². The Labute approximate surface area is 231 Å². The lowest BCUT2D eigenvalue weighted by Gasteiger charge is -2.15. The number of benzene rings is 5. The third-order valence-electron chi connectivity index (χ3n) is 7.71. The van der Waals surface area contributed by atoms with E-state index in [1.54, 1.807) is 0 Å². The van der Waals surface area contributed by atoms with Gasteiger partial charge < -0.3 is 0 Å². The van der Waals surface area contributed by atoms with Crippen molar-refractivity contribution < 1.29 is 0 Å². The minimum atomic E-state index is 0.924. The molecule has 0 saturated carbocycles. The fraction of sp³-hybridized carbons (Fsp3) is 0. The summed E-state index contributed by atoms with van der Waals surface area (Å²) in [7, 11) is 0. The first kappa shape index (κ1) is 22.6. The van der Waals surface area contributed by atoms with E-state index in [-0.39, 0.29) is 0 Å². The third-order valence-corrected chi connectivity index (χ3v) is 7.71. The fourth-order valence-electron chi connectivity index (χ4n) is 5.86. The van der Waals surface area contributed by atoms with Crippen molar-refractivity contribution in [1.82, 2.24) is 15.0 Å². The number of hydrogen-bond acceptors (Lipinski definition) is 3. The highest BCUT2D eigenvalue weighted by Crippen LogP contribution is 2.39. The molecular weight excluding hydrogens is 486 g/mol. The normalized spacial score (nSPS) is 11.5. The molecule has 0 aliphatic rings. The van der Waals surface area contributed by atoms with Crippen molar-refractivity contribution in [2.24, 2.45) is 0 Å². The summed E-state index contributed by atoms with van der Waals surface area (Å²) in [6.45, 7) is 0. The second kappa shape index (κ2) is 9.11. The maximum absolute atomic E-state index is 5.12. The average molecular weight is 510 g/mol. The summed E-state index contributed by atoms with van der Waals surface area (Å²) in [5.41, 5.74) is 9.54. The van der Waals surface area contributed by atoms with Crippen LogP contribution in [0.5, 0.6) is 0 Å². The number of aromatic nitrogens is 3. The van der Waals surface area contributed by atoms with Crippen LogP contribution in [0.15, 0.2) is 140 Å². The standard InChI is InChI=1S/C37H23N3/c1-2-10-25(11-3-1)34-23-32(35-29-15-5-4-9-24(29)17-18-33(35)40-34)27-13-6-12-26(21-27)31-22-28-14-7-19-38-36(28)37-30(31)16-8-20-39-37/h1-23H. The van der Waals surface area contributed by atoms with E-state index in [0.717, 1.165) is 55.3 Å². The zero-order valence-electron chi connectivity index (χ0n) is 21.6. The Hall–Kier alpha value is -5.41. The Morgan fingerprint density at radius 1 is 0.425 bits per heavy atom. The second-order valence-electron chi connectivity index (χ2n) is 10.1. The Balaban J connectivity index is 1.42. The molecule has 8 rings (SSSR count). The van der Waals surface area contributed by atoms with Gasteiger partial charge in [0.15, 0.2) is 0 Å². The molecule has 186 valence electrons. The molecule has 0 bridgehead atoms. The predicted molar refractivity (Wildman–Crippen MR) is 166 cm³/mol. The van der Waals surface area contributed by atoms with Crippen molar-refractivity contribution in [1.29, 1.82) is 0 Å². The second-order valence-corrected chi connectivity index (χ2v) is 10.1. The number of nitrogens with zero attached hydrogens (tertiary/aromatic N) is 3. The largest absolute Gasteiger partial charge is 0.254 e. The summed E-state index contributed by atoms with van der Waals surface area (Å²) in [4.78, 5) is 14.5. The fourth-order valence-corrected chi connectivity index (χ4v) is 5.86. The van der Waals surface area contributed by atoms with E-state index in [2.05, 4.69) is 114 Å². The molecular formula is C37H23N3. The molecule has 0 aliphatic heterocycles. The van der Waals surface area contributed by atoms with Crippen molar-refractivity contribution in [2.75, 3.05) is 0 Å². The van der Waals surface area contributed by atoms with Crippen LogP contribution >= 0.6 is 0 Å². The molecule has 0 N–H and O–H groups in total. The zero-order valence-corrected chi connectivity index (χ0v) is 21.6. The van der Waals surface area contributed by atoms with Crippen molar-refractivity contribution in [3.63, 3.8) is 0 Å².